The largest absolute Gasteiger partial charge is 0.381 e. The molecule has 0 aromatic heterocycles. The van der Waals surface area contributed by atoms with Gasteiger partial charge in [0, 0.05) is 25.8 Å². The van der Waals surface area contributed by atoms with E-state index in [0.717, 1.165) is 32.6 Å². The van der Waals surface area contributed by atoms with E-state index >= 15 is 0 Å². The van der Waals surface area contributed by atoms with Gasteiger partial charge in [-0.2, -0.15) is 0 Å². The third-order valence-electron chi connectivity index (χ3n) is 3.57. The van der Waals surface area contributed by atoms with E-state index in [9.17, 15) is 0 Å². The van der Waals surface area contributed by atoms with Gasteiger partial charge in [-0.3, -0.25) is 4.99 Å². The van der Waals surface area contributed by atoms with E-state index in [1.807, 2.05) is 0 Å². The van der Waals surface area contributed by atoms with Crippen LogP contribution in [-0.2, 0) is 4.74 Å². The number of rotatable bonds is 3. The van der Waals surface area contributed by atoms with Crippen LogP contribution in [0, 0.1) is 5.92 Å². The molecule has 0 radical (unpaired) electrons. The van der Waals surface area contributed by atoms with E-state index < -0.39 is 0 Å². The zero-order chi connectivity index (χ0) is 11.2. The summed E-state index contributed by atoms with van der Waals surface area (Å²) in [6.45, 7) is 2.63. The number of hydrogen-bond acceptors (Lipinski definition) is 2. The second kappa shape index (κ2) is 6.09. The fraction of sp³-hybridized carbons (Fsp3) is 0.917. The summed E-state index contributed by atoms with van der Waals surface area (Å²) in [4.78, 5) is 4.44. The third-order valence-corrected chi connectivity index (χ3v) is 3.57. The fourth-order valence-electron chi connectivity index (χ4n) is 2.48. The van der Waals surface area contributed by atoms with Gasteiger partial charge in [0.1, 0.15) is 0 Å². The molecule has 2 rings (SSSR count). The van der Waals surface area contributed by atoms with Gasteiger partial charge in [-0.1, -0.05) is 12.8 Å². The SMILES string of the molecule is NC(=NCC1CCOCC1)NC1CCCC1. The summed E-state index contributed by atoms with van der Waals surface area (Å²) in [6.07, 6.45) is 7.39. The molecule has 1 saturated heterocycles. The van der Waals surface area contributed by atoms with Crippen molar-refractivity contribution in [3.05, 3.63) is 0 Å². The van der Waals surface area contributed by atoms with E-state index in [1.165, 1.54) is 25.7 Å². The van der Waals surface area contributed by atoms with E-state index in [0.29, 0.717) is 17.9 Å². The predicted molar refractivity (Wildman–Crippen MR) is 65.4 cm³/mol. The first kappa shape index (κ1) is 11.7. The fourth-order valence-corrected chi connectivity index (χ4v) is 2.48. The van der Waals surface area contributed by atoms with Crippen molar-refractivity contribution >= 4 is 5.96 Å². The summed E-state index contributed by atoms with van der Waals surface area (Å²) >= 11 is 0. The lowest BCUT2D eigenvalue weighted by Crippen LogP contribution is -2.39. The third kappa shape index (κ3) is 3.67. The highest BCUT2D eigenvalue weighted by Gasteiger charge is 2.16. The van der Waals surface area contributed by atoms with Crippen molar-refractivity contribution < 1.29 is 4.74 Å². The molecule has 4 nitrogen and oxygen atoms in total. The highest BCUT2D eigenvalue weighted by Crippen LogP contribution is 2.17. The molecule has 0 aromatic rings. The Labute approximate surface area is 97.6 Å². The van der Waals surface area contributed by atoms with Crippen LogP contribution in [-0.4, -0.2) is 31.8 Å². The van der Waals surface area contributed by atoms with Crippen molar-refractivity contribution in [3.8, 4) is 0 Å². The molecule has 0 spiro atoms. The summed E-state index contributed by atoms with van der Waals surface area (Å²) in [6, 6.07) is 0.568. The van der Waals surface area contributed by atoms with E-state index in [2.05, 4.69) is 10.3 Å². The van der Waals surface area contributed by atoms with Crippen molar-refractivity contribution in [2.24, 2.45) is 16.6 Å². The molecular formula is C12H23N3O. The normalized spacial score (nSPS) is 24.9. The molecule has 0 unspecified atom stereocenters. The Kier molecular flexibility index (Phi) is 4.45. The lowest BCUT2D eigenvalue weighted by Gasteiger charge is -2.20. The average molecular weight is 225 g/mol. The molecule has 92 valence electrons. The van der Waals surface area contributed by atoms with Gasteiger partial charge in [-0.15, -0.1) is 0 Å². The molecule has 1 aliphatic heterocycles. The molecule has 0 bridgehead atoms. The van der Waals surface area contributed by atoms with Crippen LogP contribution in [0.4, 0.5) is 0 Å². The lowest BCUT2D eigenvalue weighted by atomic mass is 10.0. The second-order valence-corrected chi connectivity index (χ2v) is 4.91. The Morgan fingerprint density at radius 3 is 2.56 bits per heavy atom. The standard InChI is InChI=1S/C12H23N3O/c13-12(15-11-3-1-2-4-11)14-9-10-5-7-16-8-6-10/h10-11H,1-9H2,(H3,13,14,15). The van der Waals surface area contributed by atoms with E-state index in [1.54, 1.807) is 0 Å². The highest BCUT2D eigenvalue weighted by atomic mass is 16.5. The van der Waals surface area contributed by atoms with Crippen molar-refractivity contribution in [3.63, 3.8) is 0 Å². The molecule has 2 fully saturated rings. The number of hydrogen-bond donors (Lipinski definition) is 2. The monoisotopic (exact) mass is 225 g/mol. The van der Waals surface area contributed by atoms with Gasteiger partial charge in [-0.25, -0.2) is 0 Å². The molecule has 16 heavy (non-hydrogen) atoms. The number of ether oxygens (including phenoxy) is 1. The molecule has 1 saturated carbocycles. The average Bonchev–Trinajstić information content (AvgIpc) is 2.81. The van der Waals surface area contributed by atoms with Crippen molar-refractivity contribution in [1.82, 2.24) is 5.32 Å². The van der Waals surface area contributed by atoms with Gasteiger partial charge in [0.25, 0.3) is 0 Å². The summed E-state index contributed by atoms with van der Waals surface area (Å²) in [5.41, 5.74) is 5.88. The summed E-state index contributed by atoms with van der Waals surface area (Å²) in [5, 5.41) is 3.31. The Morgan fingerprint density at radius 1 is 1.19 bits per heavy atom. The maximum absolute atomic E-state index is 5.88. The molecule has 3 N–H and O–H groups in total. The quantitative estimate of drug-likeness (QED) is 0.561. The van der Waals surface area contributed by atoms with Gasteiger partial charge in [0.15, 0.2) is 5.96 Å². The molecule has 4 heteroatoms. The number of nitrogens with one attached hydrogen (secondary N) is 1. The second-order valence-electron chi connectivity index (χ2n) is 4.91. The van der Waals surface area contributed by atoms with Gasteiger partial charge >= 0.3 is 0 Å². The van der Waals surface area contributed by atoms with Crippen LogP contribution in [0.3, 0.4) is 0 Å². The molecule has 1 aliphatic carbocycles. The Bertz CT molecular complexity index is 230. The lowest BCUT2D eigenvalue weighted by molar-refractivity contribution is 0.0689. The van der Waals surface area contributed by atoms with Crippen LogP contribution < -0.4 is 11.1 Å². The maximum Gasteiger partial charge on any atom is 0.188 e. The molecule has 2 aliphatic rings. The predicted octanol–water partition coefficient (Wildman–Crippen LogP) is 1.26. The van der Waals surface area contributed by atoms with E-state index in [-0.39, 0.29) is 0 Å². The molecule has 1 heterocycles. The zero-order valence-electron chi connectivity index (χ0n) is 9.95. The number of guanidine groups is 1. The van der Waals surface area contributed by atoms with Crippen LogP contribution in [0.5, 0.6) is 0 Å². The first-order valence-electron chi connectivity index (χ1n) is 6.49. The Balaban J connectivity index is 1.68. The van der Waals surface area contributed by atoms with Gasteiger partial charge in [0.2, 0.25) is 0 Å². The minimum atomic E-state index is 0.568. The van der Waals surface area contributed by atoms with Gasteiger partial charge < -0.3 is 15.8 Å². The summed E-state index contributed by atoms with van der Waals surface area (Å²) < 4.78 is 5.32. The molecule has 0 aromatic carbocycles. The van der Waals surface area contributed by atoms with Crippen molar-refractivity contribution in [2.45, 2.75) is 44.6 Å². The molecule has 0 atom stereocenters. The number of nitrogens with two attached hydrogens (primary N) is 1. The van der Waals surface area contributed by atoms with Crippen LogP contribution in [0.25, 0.3) is 0 Å². The van der Waals surface area contributed by atoms with Crippen molar-refractivity contribution in [2.75, 3.05) is 19.8 Å². The smallest absolute Gasteiger partial charge is 0.188 e. The van der Waals surface area contributed by atoms with Crippen molar-refractivity contribution in [1.29, 1.82) is 0 Å². The topological polar surface area (TPSA) is 59.6 Å². The Morgan fingerprint density at radius 2 is 1.88 bits per heavy atom. The first-order chi connectivity index (χ1) is 7.84. The first-order valence-corrected chi connectivity index (χ1v) is 6.49. The summed E-state index contributed by atoms with van der Waals surface area (Å²) in [5.74, 6) is 1.30. The highest BCUT2D eigenvalue weighted by molar-refractivity contribution is 5.78. The van der Waals surface area contributed by atoms with Crippen LogP contribution >= 0.6 is 0 Å². The van der Waals surface area contributed by atoms with Gasteiger partial charge in [0.05, 0.1) is 0 Å². The molecule has 0 amide bonds. The van der Waals surface area contributed by atoms with Crippen LogP contribution in [0.1, 0.15) is 38.5 Å². The maximum atomic E-state index is 5.88. The molecular weight excluding hydrogens is 202 g/mol. The van der Waals surface area contributed by atoms with Gasteiger partial charge in [-0.05, 0) is 31.6 Å². The van der Waals surface area contributed by atoms with Crippen LogP contribution in [0.2, 0.25) is 0 Å². The van der Waals surface area contributed by atoms with E-state index in [4.69, 9.17) is 10.5 Å². The minimum Gasteiger partial charge on any atom is -0.381 e. The minimum absolute atomic E-state index is 0.568. The number of aliphatic imine (C=N–C) groups is 1. The number of nitrogens with zero attached hydrogens (tertiary/aromatic N) is 1. The van der Waals surface area contributed by atoms with Crippen LogP contribution in [0.15, 0.2) is 4.99 Å². The summed E-state index contributed by atoms with van der Waals surface area (Å²) in [7, 11) is 0. The zero-order valence-corrected chi connectivity index (χ0v) is 9.95. The Hall–Kier alpha value is -0.770.